The number of nitrogens with one attached hydrogen (secondary N) is 1. The second-order valence-corrected chi connectivity index (χ2v) is 4.23. The lowest BCUT2D eigenvalue weighted by Crippen LogP contribution is -2.22. The van der Waals surface area contributed by atoms with E-state index in [1.807, 2.05) is 6.08 Å². The van der Waals surface area contributed by atoms with Crippen LogP contribution in [0.3, 0.4) is 0 Å². The van der Waals surface area contributed by atoms with Crippen LogP contribution in [0.1, 0.15) is 12.8 Å². The standard InChI is InChI=1S/C13H16N2O4/c1-18-13-6-5-10(8-12(13)15(16)17)14-9-11-4-2-3-7-19-11/h3,5-8,11,14H,2,4,9H2,1H3. The Bertz CT molecular complexity index is 488. The van der Waals surface area contributed by atoms with Crippen LogP contribution in [-0.2, 0) is 4.74 Å². The fourth-order valence-electron chi connectivity index (χ4n) is 1.91. The molecule has 1 unspecified atom stereocenters. The van der Waals surface area contributed by atoms with Crippen molar-refractivity contribution in [2.24, 2.45) is 0 Å². The molecule has 0 aromatic heterocycles. The number of methoxy groups -OCH3 is 1. The summed E-state index contributed by atoms with van der Waals surface area (Å²) < 4.78 is 10.4. The Morgan fingerprint density at radius 1 is 1.58 bits per heavy atom. The lowest BCUT2D eigenvalue weighted by molar-refractivity contribution is -0.385. The molecule has 0 aliphatic carbocycles. The van der Waals surface area contributed by atoms with Crippen molar-refractivity contribution in [2.75, 3.05) is 19.0 Å². The lowest BCUT2D eigenvalue weighted by Gasteiger charge is -2.20. The molecule has 1 aliphatic heterocycles. The van der Waals surface area contributed by atoms with Crippen molar-refractivity contribution >= 4 is 11.4 Å². The molecular weight excluding hydrogens is 248 g/mol. The molecule has 1 aromatic carbocycles. The Labute approximate surface area is 111 Å². The van der Waals surface area contributed by atoms with Gasteiger partial charge >= 0.3 is 5.69 Å². The van der Waals surface area contributed by atoms with Gasteiger partial charge in [-0.05, 0) is 31.1 Å². The van der Waals surface area contributed by atoms with Gasteiger partial charge in [0.1, 0.15) is 6.10 Å². The van der Waals surface area contributed by atoms with Gasteiger partial charge in [0.25, 0.3) is 0 Å². The molecule has 1 aliphatic rings. The minimum Gasteiger partial charge on any atom is -0.497 e. The fraction of sp³-hybridized carbons (Fsp3) is 0.385. The van der Waals surface area contributed by atoms with Crippen LogP contribution in [0, 0.1) is 10.1 Å². The zero-order valence-electron chi connectivity index (χ0n) is 10.7. The third-order valence-corrected chi connectivity index (χ3v) is 2.93. The van der Waals surface area contributed by atoms with Crippen LogP contribution in [0.15, 0.2) is 30.5 Å². The Morgan fingerprint density at radius 2 is 2.42 bits per heavy atom. The fourth-order valence-corrected chi connectivity index (χ4v) is 1.91. The van der Waals surface area contributed by atoms with E-state index in [1.165, 1.54) is 13.2 Å². The molecule has 0 spiro atoms. The minimum atomic E-state index is -0.455. The predicted molar refractivity (Wildman–Crippen MR) is 71.4 cm³/mol. The van der Waals surface area contributed by atoms with Crippen LogP contribution >= 0.6 is 0 Å². The van der Waals surface area contributed by atoms with Crippen LogP contribution in [-0.4, -0.2) is 24.7 Å². The molecule has 1 atom stereocenters. The number of hydrogen-bond donors (Lipinski definition) is 1. The molecule has 1 N–H and O–H groups in total. The van der Waals surface area contributed by atoms with E-state index in [9.17, 15) is 10.1 Å². The highest BCUT2D eigenvalue weighted by Gasteiger charge is 2.16. The summed E-state index contributed by atoms with van der Waals surface area (Å²) in [5.41, 5.74) is 0.641. The number of nitrogens with zero attached hydrogens (tertiary/aromatic N) is 1. The zero-order chi connectivity index (χ0) is 13.7. The maximum Gasteiger partial charge on any atom is 0.312 e. The number of rotatable bonds is 5. The lowest BCUT2D eigenvalue weighted by atomic mass is 10.1. The van der Waals surface area contributed by atoms with E-state index in [2.05, 4.69) is 5.32 Å². The SMILES string of the molecule is COc1ccc(NCC2CCC=CO2)cc1[N+](=O)[O-]. The molecule has 1 aromatic rings. The molecule has 102 valence electrons. The normalized spacial score (nSPS) is 17.6. The maximum atomic E-state index is 10.9. The summed E-state index contributed by atoms with van der Waals surface area (Å²) in [5, 5.41) is 14.0. The molecule has 1 heterocycles. The molecule has 0 fully saturated rings. The van der Waals surface area contributed by atoms with Gasteiger partial charge in [0, 0.05) is 11.8 Å². The largest absolute Gasteiger partial charge is 0.497 e. The van der Waals surface area contributed by atoms with Gasteiger partial charge in [-0.2, -0.15) is 0 Å². The number of nitro benzene ring substituents is 1. The zero-order valence-corrected chi connectivity index (χ0v) is 10.7. The molecule has 6 heteroatoms. The first-order valence-electron chi connectivity index (χ1n) is 6.07. The van der Waals surface area contributed by atoms with Crippen molar-refractivity contribution in [3.63, 3.8) is 0 Å². The molecule has 0 saturated heterocycles. The van der Waals surface area contributed by atoms with E-state index in [4.69, 9.17) is 9.47 Å². The molecule has 2 rings (SSSR count). The monoisotopic (exact) mass is 264 g/mol. The van der Waals surface area contributed by atoms with Gasteiger partial charge < -0.3 is 14.8 Å². The Morgan fingerprint density at radius 3 is 3.05 bits per heavy atom. The quantitative estimate of drug-likeness (QED) is 0.653. The van der Waals surface area contributed by atoms with Crippen LogP contribution in [0.4, 0.5) is 11.4 Å². The van der Waals surface area contributed by atoms with Crippen molar-refractivity contribution in [3.8, 4) is 5.75 Å². The summed E-state index contributed by atoms with van der Waals surface area (Å²) in [4.78, 5) is 10.4. The van der Waals surface area contributed by atoms with Gasteiger partial charge in [0.2, 0.25) is 0 Å². The minimum absolute atomic E-state index is 0.0445. The van der Waals surface area contributed by atoms with Crippen molar-refractivity contribution in [3.05, 3.63) is 40.7 Å². The third-order valence-electron chi connectivity index (χ3n) is 2.93. The highest BCUT2D eigenvalue weighted by atomic mass is 16.6. The second-order valence-electron chi connectivity index (χ2n) is 4.23. The van der Waals surface area contributed by atoms with Gasteiger partial charge in [-0.1, -0.05) is 0 Å². The van der Waals surface area contributed by atoms with E-state index in [0.717, 1.165) is 12.8 Å². The second kappa shape index (κ2) is 6.08. The first-order valence-corrected chi connectivity index (χ1v) is 6.07. The smallest absolute Gasteiger partial charge is 0.312 e. The summed E-state index contributed by atoms with van der Waals surface area (Å²) in [6.07, 6.45) is 5.73. The Kier molecular flexibility index (Phi) is 4.22. The van der Waals surface area contributed by atoms with Crippen molar-refractivity contribution in [2.45, 2.75) is 18.9 Å². The van der Waals surface area contributed by atoms with E-state index < -0.39 is 4.92 Å². The third kappa shape index (κ3) is 3.37. The van der Waals surface area contributed by atoms with Crippen LogP contribution in [0.5, 0.6) is 5.75 Å². The first kappa shape index (κ1) is 13.2. The van der Waals surface area contributed by atoms with Gasteiger partial charge in [-0.15, -0.1) is 0 Å². The van der Waals surface area contributed by atoms with Crippen LogP contribution in [0.25, 0.3) is 0 Å². The van der Waals surface area contributed by atoms with Crippen molar-refractivity contribution in [1.29, 1.82) is 0 Å². The average molecular weight is 264 g/mol. The van der Waals surface area contributed by atoms with E-state index in [1.54, 1.807) is 18.4 Å². The topological polar surface area (TPSA) is 73.6 Å². The maximum absolute atomic E-state index is 10.9. The highest BCUT2D eigenvalue weighted by Crippen LogP contribution is 2.29. The predicted octanol–water partition coefficient (Wildman–Crippen LogP) is 2.71. The molecule has 0 amide bonds. The molecular formula is C13H16N2O4. The number of allylic oxidation sites excluding steroid dienone is 1. The van der Waals surface area contributed by atoms with Gasteiger partial charge in [-0.25, -0.2) is 0 Å². The number of nitro groups is 1. The van der Waals surface area contributed by atoms with Gasteiger partial charge in [0.15, 0.2) is 5.75 Å². The molecule has 6 nitrogen and oxygen atoms in total. The number of hydrogen-bond acceptors (Lipinski definition) is 5. The summed E-state index contributed by atoms with van der Waals surface area (Å²) >= 11 is 0. The van der Waals surface area contributed by atoms with Crippen LogP contribution in [0.2, 0.25) is 0 Å². The first-order chi connectivity index (χ1) is 9.20. The van der Waals surface area contributed by atoms with Gasteiger partial charge in [-0.3, -0.25) is 10.1 Å². The summed E-state index contributed by atoms with van der Waals surface area (Å²) in [7, 11) is 1.41. The summed E-state index contributed by atoms with van der Waals surface area (Å²) in [6, 6.07) is 4.81. The molecule has 0 bridgehead atoms. The number of benzene rings is 1. The van der Waals surface area contributed by atoms with E-state index in [0.29, 0.717) is 12.2 Å². The van der Waals surface area contributed by atoms with Crippen LogP contribution < -0.4 is 10.1 Å². The molecule has 0 radical (unpaired) electrons. The van der Waals surface area contributed by atoms with Crippen molar-refractivity contribution in [1.82, 2.24) is 0 Å². The number of ether oxygens (including phenoxy) is 2. The van der Waals surface area contributed by atoms with E-state index >= 15 is 0 Å². The average Bonchev–Trinajstić information content (AvgIpc) is 2.46. The highest BCUT2D eigenvalue weighted by molar-refractivity contribution is 5.58. The summed E-state index contributed by atoms with van der Waals surface area (Å²) in [5.74, 6) is 0.257. The van der Waals surface area contributed by atoms with Gasteiger partial charge in [0.05, 0.1) is 24.8 Å². The molecule has 19 heavy (non-hydrogen) atoms. The Hall–Kier alpha value is -2.24. The Balaban J connectivity index is 2.02. The number of anilines is 1. The van der Waals surface area contributed by atoms with E-state index in [-0.39, 0.29) is 17.5 Å². The molecule has 0 saturated carbocycles. The van der Waals surface area contributed by atoms with Crippen molar-refractivity contribution < 1.29 is 14.4 Å². The summed E-state index contributed by atoms with van der Waals surface area (Å²) in [6.45, 7) is 0.619.